The van der Waals surface area contributed by atoms with E-state index in [9.17, 15) is 5.11 Å². The quantitative estimate of drug-likeness (QED) is 0.653. The maximum atomic E-state index is 10.8. The zero-order valence-corrected chi connectivity index (χ0v) is 14.3. The Kier molecular flexibility index (Phi) is 5.12. The van der Waals surface area contributed by atoms with Gasteiger partial charge in [-0.1, -0.05) is 90.0 Å². The molecule has 3 aromatic rings. The molecule has 0 saturated heterocycles. The van der Waals surface area contributed by atoms with E-state index in [-0.39, 0.29) is 5.92 Å². The molecule has 0 bridgehead atoms. The van der Waals surface area contributed by atoms with E-state index in [1.54, 1.807) is 0 Å². The van der Waals surface area contributed by atoms with Gasteiger partial charge in [0.25, 0.3) is 0 Å². The summed E-state index contributed by atoms with van der Waals surface area (Å²) in [4.78, 5) is 0. The highest BCUT2D eigenvalue weighted by atomic mass is 16.3. The molecule has 0 saturated carbocycles. The molecule has 0 aliphatic rings. The Balaban J connectivity index is 1.90. The maximum Gasteiger partial charge on any atom is 0.0799 e. The van der Waals surface area contributed by atoms with Crippen molar-refractivity contribution in [2.24, 2.45) is 0 Å². The molecule has 3 aromatic carbocycles. The number of aryl methyl sites for hydroxylation is 2. The molecule has 0 aliphatic carbocycles. The molecular weight excluding hydrogens is 292 g/mol. The Bertz CT molecular complexity index is 757. The highest BCUT2D eigenvalue weighted by Crippen LogP contribution is 2.34. The van der Waals surface area contributed by atoms with E-state index < -0.39 is 6.10 Å². The fourth-order valence-electron chi connectivity index (χ4n) is 3.10. The van der Waals surface area contributed by atoms with Crippen LogP contribution in [0.2, 0.25) is 0 Å². The normalized spacial score (nSPS) is 13.5. The van der Waals surface area contributed by atoms with E-state index in [0.29, 0.717) is 6.42 Å². The number of hydrogen-bond donors (Lipinski definition) is 1. The molecule has 24 heavy (non-hydrogen) atoms. The molecule has 0 heterocycles. The van der Waals surface area contributed by atoms with E-state index in [1.165, 1.54) is 22.3 Å². The summed E-state index contributed by atoms with van der Waals surface area (Å²) in [6.45, 7) is 4.16. The monoisotopic (exact) mass is 316 g/mol. The topological polar surface area (TPSA) is 20.2 Å². The maximum absolute atomic E-state index is 10.8. The van der Waals surface area contributed by atoms with Crippen molar-refractivity contribution in [1.29, 1.82) is 0 Å². The van der Waals surface area contributed by atoms with E-state index in [1.807, 2.05) is 18.2 Å². The van der Waals surface area contributed by atoms with Crippen molar-refractivity contribution in [2.75, 3.05) is 0 Å². The first-order valence-electron chi connectivity index (χ1n) is 8.49. The molecule has 122 valence electrons. The summed E-state index contributed by atoms with van der Waals surface area (Å²) in [6, 6.07) is 27.3. The number of benzene rings is 3. The lowest BCUT2D eigenvalue weighted by atomic mass is 9.85. The molecule has 1 N–H and O–H groups in total. The highest BCUT2D eigenvalue weighted by Gasteiger charge is 2.19. The third-order valence-corrected chi connectivity index (χ3v) is 4.60. The zero-order valence-electron chi connectivity index (χ0n) is 14.3. The summed E-state index contributed by atoms with van der Waals surface area (Å²) >= 11 is 0. The molecule has 0 fully saturated rings. The van der Waals surface area contributed by atoms with Crippen molar-refractivity contribution in [3.8, 4) is 0 Å². The Labute approximate surface area is 144 Å². The molecule has 0 aromatic heterocycles. The Hall–Kier alpha value is -2.38. The Morgan fingerprint density at radius 3 is 1.62 bits per heavy atom. The average Bonchev–Trinajstić information content (AvgIpc) is 2.62. The molecule has 3 rings (SSSR count). The zero-order chi connectivity index (χ0) is 16.9. The van der Waals surface area contributed by atoms with Gasteiger partial charge < -0.3 is 5.11 Å². The van der Waals surface area contributed by atoms with Gasteiger partial charge in [-0.25, -0.2) is 0 Å². The molecule has 0 aliphatic heterocycles. The van der Waals surface area contributed by atoms with Crippen LogP contribution in [0.15, 0.2) is 78.9 Å². The van der Waals surface area contributed by atoms with Crippen LogP contribution >= 0.6 is 0 Å². The van der Waals surface area contributed by atoms with Crippen LogP contribution in [0.25, 0.3) is 0 Å². The molecule has 2 atom stereocenters. The summed E-state index contributed by atoms with van der Waals surface area (Å²) in [5, 5.41) is 10.8. The molecule has 0 spiro atoms. The summed E-state index contributed by atoms with van der Waals surface area (Å²) in [7, 11) is 0. The first-order chi connectivity index (χ1) is 11.6. The van der Waals surface area contributed by atoms with Gasteiger partial charge in [-0.15, -0.1) is 0 Å². The van der Waals surface area contributed by atoms with Gasteiger partial charge in [-0.05, 0) is 37.0 Å². The summed E-state index contributed by atoms with van der Waals surface area (Å²) in [5.41, 5.74) is 5.94. The average molecular weight is 316 g/mol. The first-order valence-corrected chi connectivity index (χ1v) is 8.49. The van der Waals surface area contributed by atoms with E-state index in [4.69, 9.17) is 0 Å². The smallest absolute Gasteiger partial charge is 0.0799 e. The third-order valence-electron chi connectivity index (χ3n) is 4.60. The van der Waals surface area contributed by atoms with E-state index in [0.717, 1.165) is 5.56 Å². The van der Waals surface area contributed by atoms with Gasteiger partial charge >= 0.3 is 0 Å². The fraction of sp³-hybridized carbons (Fsp3) is 0.217. The van der Waals surface area contributed by atoms with Crippen LogP contribution in [-0.4, -0.2) is 5.11 Å². The standard InChI is InChI=1S/C23H24O/c1-17-8-12-20(13-9-17)22(19-6-4-3-5-7-19)16-23(24)21-14-10-18(2)11-15-21/h3-15,22-24H,16H2,1-2H3. The van der Waals surface area contributed by atoms with Gasteiger partial charge in [-0.2, -0.15) is 0 Å². The number of aliphatic hydroxyl groups is 1. The van der Waals surface area contributed by atoms with Crippen LogP contribution in [0.3, 0.4) is 0 Å². The highest BCUT2D eigenvalue weighted by molar-refractivity contribution is 5.35. The molecule has 0 radical (unpaired) electrons. The second-order valence-electron chi connectivity index (χ2n) is 6.54. The van der Waals surface area contributed by atoms with Gasteiger partial charge in [0.05, 0.1) is 6.10 Å². The predicted octanol–water partition coefficient (Wildman–Crippen LogP) is 5.56. The van der Waals surface area contributed by atoms with Crippen molar-refractivity contribution in [2.45, 2.75) is 32.3 Å². The van der Waals surface area contributed by atoms with Crippen LogP contribution in [0.1, 0.15) is 46.3 Å². The van der Waals surface area contributed by atoms with Crippen LogP contribution in [0.5, 0.6) is 0 Å². The lowest BCUT2D eigenvalue weighted by molar-refractivity contribution is 0.162. The lowest BCUT2D eigenvalue weighted by Gasteiger charge is -2.22. The van der Waals surface area contributed by atoms with Crippen LogP contribution < -0.4 is 0 Å². The first kappa shape index (κ1) is 16.5. The van der Waals surface area contributed by atoms with Gasteiger partial charge in [0.15, 0.2) is 0 Å². The number of aliphatic hydroxyl groups excluding tert-OH is 1. The van der Waals surface area contributed by atoms with Crippen LogP contribution in [-0.2, 0) is 0 Å². The summed E-state index contributed by atoms with van der Waals surface area (Å²) in [6.07, 6.45) is 0.202. The number of rotatable bonds is 5. The van der Waals surface area contributed by atoms with Crippen molar-refractivity contribution in [3.63, 3.8) is 0 Å². The molecule has 1 nitrogen and oxygen atoms in total. The summed E-state index contributed by atoms with van der Waals surface area (Å²) in [5.74, 6) is 0.183. The van der Waals surface area contributed by atoms with Gasteiger partial charge in [0.2, 0.25) is 0 Å². The van der Waals surface area contributed by atoms with E-state index >= 15 is 0 Å². The molecular formula is C23H24O. The molecule has 1 heteroatoms. The summed E-state index contributed by atoms with van der Waals surface area (Å²) < 4.78 is 0. The van der Waals surface area contributed by atoms with Gasteiger partial charge in [0.1, 0.15) is 0 Å². The Morgan fingerprint density at radius 2 is 1.08 bits per heavy atom. The second kappa shape index (κ2) is 7.46. The van der Waals surface area contributed by atoms with E-state index in [2.05, 4.69) is 74.5 Å². The van der Waals surface area contributed by atoms with Gasteiger partial charge in [-0.3, -0.25) is 0 Å². The van der Waals surface area contributed by atoms with Crippen molar-refractivity contribution in [1.82, 2.24) is 0 Å². The minimum atomic E-state index is -0.475. The third kappa shape index (κ3) is 3.93. The minimum Gasteiger partial charge on any atom is -0.388 e. The predicted molar refractivity (Wildman–Crippen MR) is 100 cm³/mol. The molecule has 0 amide bonds. The van der Waals surface area contributed by atoms with Gasteiger partial charge in [0, 0.05) is 5.92 Å². The largest absolute Gasteiger partial charge is 0.388 e. The Morgan fingerprint density at radius 1 is 0.625 bits per heavy atom. The SMILES string of the molecule is Cc1ccc(C(O)CC(c2ccccc2)c2ccc(C)cc2)cc1. The minimum absolute atomic E-state index is 0.183. The van der Waals surface area contributed by atoms with Crippen LogP contribution in [0, 0.1) is 13.8 Å². The van der Waals surface area contributed by atoms with Crippen molar-refractivity contribution >= 4 is 0 Å². The lowest BCUT2D eigenvalue weighted by Crippen LogP contribution is -2.08. The second-order valence-corrected chi connectivity index (χ2v) is 6.54. The number of hydrogen-bond acceptors (Lipinski definition) is 1. The molecule has 2 unspecified atom stereocenters. The van der Waals surface area contributed by atoms with Crippen molar-refractivity contribution in [3.05, 3.63) is 107 Å². The fourth-order valence-corrected chi connectivity index (χ4v) is 3.10. The van der Waals surface area contributed by atoms with Crippen LogP contribution in [0.4, 0.5) is 0 Å². The van der Waals surface area contributed by atoms with Crippen molar-refractivity contribution < 1.29 is 5.11 Å².